The van der Waals surface area contributed by atoms with Gasteiger partial charge in [-0.15, -0.1) is 5.10 Å². The zero-order valence-corrected chi connectivity index (χ0v) is 16.7. The fourth-order valence-corrected chi connectivity index (χ4v) is 5.02. The number of non-ortho nitro benzene ring substituents is 1. The zero-order chi connectivity index (χ0) is 19.8. The minimum absolute atomic E-state index is 0.0639. The molecule has 0 radical (unpaired) electrons. The highest BCUT2D eigenvalue weighted by Gasteiger charge is 2.32. The van der Waals surface area contributed by atoms with Crippen molar-refractivity contribution in [2.75, 3.05) is 13.1 Å². The van der Waals surface area contributed by atoms with Crippen molar-refractivity contribution in [2.45, 2.75) is 39.2 Å². The molecule has 2 atom stereocenters. The van der Waals surface area contributed by atoms with Crippen LogP contribution in [0.5, 0.6) is 5.88 Å². The first kappa shape index (κ1) is 18.8. The maximum atomic E-state index is 11.0. The number of piperidine rings is 1. The Bertz CT molecular complexity index is 997. The number of nitro benzene ring substituents is 1. The topological polar surface area (TPSA) is 96.8 Å². The van der Waals surface area contributed by atoms with Crippen molar-refractivity contribution in [2.24, 2.45) is 5.92 Å². The van der Waals surface area contributed by atoms with E-state index in [1.165, 1.54) is 34.4 Å². The van der Waals surface area contributed by atoms with Gasteiger partial charge in [0.05, 0.1) is 15.8 Å². The van der Waals surface area contributed by atoms with E-state index in [-0.39, 0.29) is 17.6 Å². The summed E-state index contributed by atoms with van der Waals surface area (Å²) in [6, 6.07) is 6.45. The van der Waals surface area contributed by atoms with Gasteiger partial charge < -0.3 is 5.11 Å². The Kier molecular flexibility index (Phi) is 5.03. The predicted octanol–water partition coefficient (Wildman–Crippen LogP) is 3.79. The first-order valence-electron chi connectivity index (χ1n) is 9.53. The van der Waals surface area contributed by atoms with Crippen LogP contribution in [0.1, 0.15) is 49.0 Å². The molecule has 148 valence electrons. The van der Waals surface area contributed by atoms with Gasteiger partial charge >= 0.3 is 0 Å². The van der Waals surface area contributed by atoms with Gasteiger partial charge in [0.25, 0.3) is 5.69 Å². The quantitative estimate of drug-likeness (QED) is 0.516. The number of aromatic nitrogens is 3. The third-order valence-electron chi connectivity index (χ3n) is 5.28. The van der Waals surface area contributed by atoms with Gasteiger partial charge in [-0.25, -0.2) is 4.98 Å². The summed E-state index contributed by atoms with van der Waals surface area (Å²) >= 11 is 1.43. The number of hydrogen-bond donors (Lipinski definition) is 1. The largest absolute Gasteiger partial charge is 0.492 e. The van der Waals surface area contributed by atoms with E-state index in [9.17, 15) is 15.2 Å². The second-order valence-corrected chi connectivity index (χ2v) is 8.37. The Morgan fingerprint density at radius 2 is 2.14 bits per heavy atom. The molecule has 28 heavy (non-hydrogen) atoms. The van der Waals surface area contributed by atoms with Crippen LogP contribution in [0.15, 0.2) is 24.3 Å². The first-order chi connectivity index (χ1) is 13.5. The summed E-state index contributed by atoms with van der Waals surface area (Å²) in [5, 5.41) is 26.3. The van der Waals surface area contributed by atoms with E-state index in [0.717, 1.165) is 30.0 Å². The zero-order valence-electron chi connectivity index (χ0n) is 15.9. The van der Waals surface area contributed by atoms with Crippen LogP contribution >= 0.6 is 11.3 Å². The standard InChI is InChI=1S/C19H23N5O3S/c1-3-15-20-19-23(21-15)18(25)17(28-19)16(22-10-4-5-12(2)11-22)13-6-8-14(9-7-13)24(26)27/h6-9,12,16,25H,3-5,10-11H2,1-2H3/t12-,16+/m1/s1. The highest BCUT2D eigenvalue weighted by Crippen LogP contribution is 2.41. The molecule has 2 aromatic heterocycles. The average Bonchev–Trinajstić information content (AvgIpc) is 3.22. The smallest absolute Gasteiger partial charge is 0.269 e. The maximum absolute atomic E-state index is 11.0. The number of thiazole rings is 1. The molecule has 1 aromatic carbocycles. The van der Waals surface area contributed by atoms with Crippen LogP contribution in [0.4, 0.5) is 5.69 Å². The Labute approximate surface area is 166 Å². The Morgan fingerprint density at radius 1 is 1.39 bits per heavy atom. The van der Waals surface area contributed by atoms with Crippen LogP contribution in [-0.2, 0) is 6.42 Å². The fourth-order valence-electron chi connectivity index (χ4n) is 3.89. The lowest BCUT2D eigenvalue weighted by Gasteiger charge is -2.37. The molecule has 9 heteroatoms. The molecule has 3 aromatic rings. The number of likely N-dealkylation sites (tertiary alicyclic amines) is 1. The Hall–Kier alpha value is -2.52. The second kappa shape index (κ2) is 7.48. The molecular weight excluding hydrogens is 378 g/mol. The number of aryl methyl sites for hydroxylation is 1. The molecule has 0 bridgehead atoms. The van der Waals surface area contributed by atoms with E-state index in [1.807, 2.05) is 6.92 Å². The first-order valence-corrected chi connectivity index (χ1v) is 10.3. The lowest BCUT2D eigenvalue weighted by Crippen LogP contribution is -2.37. The third-order valence-corrected chi connectivity index (χ3v) is 6.35. The number of fused-ring (bicyclic) bond motifs is 1. The highest BCUT2D eigenvalue weighted by molar-refractivity contribution is 7.17. The maximum Gasteiger partial charge on any atom is 0.269 e. The van der Waals surface area contributed by atoms with Crippen LogP contribution in [0.3, 0.4) is 0 Å². The summed E-state index contributed by atoms with van der Waals surface area (Å²) < 4.78 is 1.50. The van der Waals surface area contributed by atoms with Crippen LogP contribution < -0.4 is 0 Å². The van der Waals surface area contributed by atoms with Crippen molar-refractivity contribution < 1.29 is 10.0 Å². The van der Waals surface area contributed by atoms with Crippen molar-refractivity contribution in [1.82, 2.24) is 19.5 Å². The molecular formula is C19H23N5O3S. The Morgan fingerprint density at radius 3 is 2.75 bits per heavy atom. The van der Waals surface area contributed by atoms with Gasteiger partial charge in [-0.3, -0.25) is 15.0 Å². The van der Waals surface area contributed by atoms with Gasteiger partial charge in [-0.1, -0.05) is 37.3 Å². The number of rotatable bonds is 5. The van der Waals surface area contributed by atoms with Gasteiger partial charge in [-0.2, -0.15) is 4.52 Å². The van der Waals surface area contributed by atoms with E-state index in [4.69, 9.17) is 0 Å². The summed E-state index contributed by atoms with van der Waals surface area (Å²) in [5.41, 5.74) is 0.990. The van der Waals surface area contributed by atoms with E-state index in [2.05, 4.69) is 21.9 Å². The average molecular weight is 401 g/mol. The van der Waals surface area contributed by atoms with E-state index in [0.29, 0.717) is 23.1 Å². The summed E-state index contributed by atoms with van der Waals surface area (Å²) in [4.78, 5) is 18.9. The van der Waals surface area contributed by atoms with Gasteiger partial charge in [-0.05, 0) is 30.9 Å². The molecule has 0 amide bonds. The molecule has 3 heterocycles. The molecule has 4 rings (SSSR count). The minimum Gasteiger partial charge on any atom is -0.492 e. The fraction of sp³-hybridized carbons (Fsp3) is 0.474. The second-order valence-electron chi connectivity index (χ2n) is 7.36. The molecule has 1 fully saturated rings. The van der Waals surface area contributed by atoms with Gasteiger partial charge in [0.1, 0.15) is 0 Å². The molecule has 0 aliphatic carbocycles. The summed E-state index contributed by atoms with van der Waals surface area (Å²) in [6.07, 6.45) is 2.98. The van der Waals surface area contributed by atoms with Crippen LogP contribution in [0.2, 0.25) is 0 Å². The molecule has 1 aliphatic heterocycles. The lowest BCUT2D eigenvalue weighted by atomic mass is 9.95. The normalized spacial score (nSPS) is 19.1. The molecule has 1 N–H and O–H groups in total. The van der Waals surface area contributed by atoms with Crippen molar-refractivity contribution in [3.63, 3.8) is 0 Å². The third kappa shape index (κ3) is 3.35. The van der Waals surface area contributed by atoms with Crippen LogP contribution in [-0.4, -0.2) is 42.6 Å². The number of nitro groups is 1. The SMILES string of the molecule is CCc1nc2sc([C@H](c3ccc([N+](=O)[O-])cc3)N3CCC[C@@H](C)C3)c(O)n2n1. The molecule has 1 aliphatic rings. The van der Waals surface area contributed by atoms with Crippen LogP contribution in [0, 0.1) is 16.0 Å². The number of hydrogen-bond acceptors (Lipinski definition) is 7. The van der Waals surface area contributed by atoms with Crippen molar-refractivity contribution in [3.05, 3.63) is 50.6 Å². The molecule has 0 saturated carbocycles. The van der Waals surface area contributed by atoms with Crippen molar-refractivity contribution in [1.29, 1.82) is 0 Å². The molecule has 1 saturated heterocycles. The number of nitrogens with zero attached hydrogens (tertiary/aromatic N) is 5. The summed E-state index contributed by atoms with van der Waals surface area (Å²) in [6.45, 7) is 6.04. The predicted molar refractivity (Wildman–Crippen MR) is 107 cm³/mol. The van der Waals surface area contributed by atoms with E-state index >= 15 is 0 Å². The monoisotopic (exact) mass is 401 g/mol. The summed E-state index contributed by atoms with van der Waals surface area (Å²) in [7, 11) is 0. The number of aromatic hydroxyl groups is 1. The van der Waals surface area contributed by atoms with E-state index < -0.39 is 4.92 Å². The van der Waals surface area contributed by atoms with Crippen LogP contribution in [0.25, 0.3) is 4.96 Å². The van der Waals surface area contributed by atoms with Gasteiger partial charge in [0, 0.05) is 25.1 Å². The minimum atomic E-state index is -0.394. The molecule has 0 unspecified atom stereocenters. The lowest BCUT2D eigenvalue weighted by molar-refractivity contribution is -0.384. The Balaban J connectivity index is 1.79. The van der Waals surface area contributed by atoms with E-state index in [1.54, 1.807) is 12.1 Å². The summed E-state index contributed by atoms with van der Waals surface area (Å²) in [5.74, 6) is 1.37. The number of benzene rings is 1. The molecule has 8 nitrogen and oxygen atoms in total. The van der Waals surface area contributed by atoms with Gasteiger partial charge in [0.2, 0.25) is 10.8 Å². The van der Waals surface area contributed by atoms with Crippen molar-refractivity contribution in [3.8, 4) is 5.88 Å². The molecule has 0 spiro atoms. The van der Waals surface area contributed by atoms with Gasteiger partial charge in [0.15, 0.2) is 5.82 Å². The highest BCUT2D eigenvalue weighted by atomic mass is 32.1. The van der Waals surface area contributed by atoms with Crippen molar-refractivity contribution >= 4 is 22.0 Å².